The van der Waals surface area contributed by atoms with Crippen molar-refractivity contribution in [2.45, 2.75) is 37.8 Å². The molecule has 2 amide bonds. The van der Waals surface area contributed by atoms with Crippen LogP contribution < -0.4 is 10.2 Å². The largest absolute Gasteiger partial charge is 0.394 e. The number of carbonyl (C=O) groups excluding carboxylic acids is 2. The van der Waals surface area contributed by atoms with Gasteiger partial charge in [-0.2, -0.15) is 0 Å². The van der Waals surface area contributed by atoms with Crippen molar-refractivity contribution in [2.24, 2.45) is 0 Å². The van der Waals surface area contributed by atoms with Gasteiger partial charge in [-0.1, -0.05) is 6.07 Å². The number of aliphatic hydroxyl groups is 1. The van der Waals surface area contributed by atoms with Crippen molar-refractivity contribution in [1.29, 1.82) is 0 Å². The summed E-state index contributed by atoms with van der Waals surface area (Å²) < 4.78 is 1.91. The van der Waals surface area contributed by atoms with Crippen molar-refractivity contribution in [2.75, 3.05) is 18.1 Å². The Bertz CT molecular complexity index is 798. The number of imide groups is 1. The highest BCUT2D eigenvalue weighted by Gasteiger charge is 2.28. The Hall–Kier alpha value is -2.34. The minimum Gasteiger partial charge on any atom is -0.394 e. The molecule has 2 unspecified atom stereocenters. The van der Waals surface area contributed by atoms with Gasteiger partial charge in [0.05, 0.1) is 12.6 Å². The minimum atomic E-state index is -0.324. The number of nitrogens with zero attached hydrogens (tertiary/aromatic N) is 2. The molecule has 4 rings (SSSR count). The second kappa shape index (κ2) is 5.94. The molecule has 6 heteroatoms. The Morgan fingerprint density at radius 1 is 1.17 bits per heavy atom. The third-order valence-corrected chi connectivity index (χ3v) is 5.14. The fourth-order valence-electron chi connectivity index (χ4n) is 3.84. The normalized spacial score (nSPS) is 24.6. The van der Waals surface area contributed by atoms with Crippen LogP contribution in [0.3, 0.4) is 0 Å². The third-order valence-electron chi connectivity index (χ3n) is 5.14. The first kappa shape index (κ1) is 15.2. The van der Waals surface area contributed by atoms with Gasteiger partial charge in [0.15, 0.2) is 0 Å². The van der Waals surface area contributed by atoms with E-state index in [2.05, 4.69) is 28.4 Å². The quantitative estimate of drug-likeness (QED) is 0.840. The van der Waals surface area contributed by atoms with Crippen LogP contribution >= 0.6 is 0 Å². The predicted octanol–water partition coefficient (Wildman–Crippen LogP) is 1.58. The van der Waals surface area contributed by atoms with E-state index in [1.807, 2.05) is 17.0 Å². The average Bonchev–Trinajstić information content (AvgIpc) is 3.20. The lowest BCUT2D eigenvalue weighted by Crippen LogP contribution is -2.41. The van der Waals surface area contributed by atoms with Crippen molar-refractivity contribution in [3.05, 3.63) is 30.6 Å². The van der Waals surface area contributed by atoms with Gasteiger partial charge in [-0.15, -0.1) is 0 Å². The predicted molar refractivity (Wildman–Crippen MR) is 90.8 cm³/mol. The zero-order valence-corrected chi connectivity index (χ0v) is 13.4. The number of aliphatic hydroxyl groups excluding tert-OH is 1. The number of piperidine rings is 1. The van der Waals surface area contributed by atoms with E-state index in [0.717, 1.165) is 35.8 Å². The number of rotatable bonds is 3. The Morgan fingerprint density at radius 3 is 2.79 bits per heavy atom. The molecule has 2 aliphatic rings. The molecule has 24 heavy (non-hydrogen) atoms. The lowest BCUT2D eigenvalue weighted by Gasteiger charge is -2.25. The van der Waals surface area contributed by atoms with Crippen molar-refractivity contribution >= 4 is 28.3 Å². The molecule has 2 aromatic rings. The van der Waals surface area contributed by atoms with Crippen LogP contribution in [0, 0.1) is 0 Å². The van der Waals surface area contributed by atoms with E-state index in [4.69, 9.17) is 0 Å². The van der Waals surface area contributed by atoms with Crippen LogP contribution in [0.25, 0.3) is 10.8 Å². The van der Waals surface area contributed by atoms with Gasteiger partial charge in [-0.25, -0.2) is 0 Å². The molecule has 0 bridgehead atoms. The maximum Gasteiger partial charge on any atom is 0.249 e. The summed E-state index contributed by atoms with van der Waals surface area (Å²) in [5.41, 5.74) is 1.11. The Kier molecular flexibility index (Phi) is 3.76. The van der Waals surface area contributed by atoms with Gasteiger partial charge in [-0.3, -0.25) is 14.9 Å². The van der Waals surface area contributed by atoms with Crippen LogP contribution in [0.2, 0.25) is 0 Å². The molecule has 0 aliphatic carbocycles. The molecule has 2 N–H and O–H groups in total. The number of aromatic nitrogens is 1. The first-order valence-corrected chi connectivity index (χ1v) is 8.48. The number of carbonyl (C=O) groups is 2. The molecule has 0 spiro atoms. The second-order valence-electron chi connectivity index (χ2n) is 6.66. The van der Waals surface area contributed by atoms with Crippen LogP contribution in [0.5, 0.6) is 0 Å². The summed E-state index contributed by atoms with van der Waals surface area (Å²) >= 11 is 0. The maximum absolute atomic E-state index is 12.1. The second-order valence-corrected chi connectivity index (χ2v) is 6.66. The van der Waals surface area contributed by atoms with E-state index in [-0.39, 0.29) is 30.5 Å². The van der Waals surface area contributed by atoms with Crippen molar-refractivity contribution in [1.82, 2.24) is 9.88 Å². The molecule has 126 valence electrons. The molecule has 2 saturated heterocycles. The monoisotopic (exact) mass is 327 g/mol. The van der Waals surface area contributed by atoms with Crippen LogP contribution in [-0.4, -0.2) is 40.7 Å². The molecular formula is C18H21N3O3. The van der Waals surface area contributed by atoms with Crippen LogP contribution in [0.1, 0.15) is 31.7 Å². The minimum absolute atomic E-state index is 0.176. The van der Waals surface area contributed by atoms with Gasteiger partial charge < -0.3 is 14.6 Å². The third kappa shape index (κ3) is 2.57. The topological polar surface area (TPSA) is 74.6 Å². The number of benzene rings is 1. The smallest absolute Gasteiger partial charge is 0.249 e. The molecule has 1 aromatic carbocycles. The summed E-state index contributed by atoms with van der Waals surface area (Å²) in [5.74, 6) is -0.425. The number of fused-ring (bicyclic) bond motifs is 1. The molecule has 0 radical (unpaired) electrons. The van der Waals surface area contributed by atoms with E-state index in [0.29, 0.717) is 12.8 Å². The summed E-state index contributed by atoms with van der Waals surface area (Å²) in [5, 5.41) is 14.1. The summed E-state index contributed by atoms with van der Waals surface area (Å²) in [4.78, 5) is 25.6. The van der Waals surface area contributed by atoms with Gasteiger partial charge in [-0.05, 0) is 36.8 Å². The summed E-state index contributed by atoms with van der Waals surface area (Å²) in [6.07, 6.45) is 6.97. The molecule has 0 saturated carbocycles. The van der Waals surface area contributed by atoms with Crippen LogP contribution in [-0.2, 0) is 9.59 Å². The molecule has 2 atom stereocenters. The van der Waals surface area contributed by atoms with Gasteiger partial charge in [0.1, 0.15) is 6.04 Å². The Morgan fingerprint density at radius 2 is 2.00 bits per heavy atom. The van der Waals surface area contributed by atoms with Crippen molar-refractivity contribution in [3.8, 4) is 0 Å². The maximum atomic E-state index is 12.1. The molecule has 2 fully saturated rings. The first-order chi connectivity index (χ1) is 11.7. The molecule has 1 aromatic heterocycles. The highest BCUT2D eigenvalue weighted by atomic mass is 16.3. The lowest BCUT2D eigenvalue weighted by atomic mass is 10.1. The average molecular weight is 327 g/mol. The number of hydrogen-bond donors (Lipinski definition) is 2. The van der Waals surface area contributed by atoms with Gasteiger partial charge in [0, 0.05) is 36.4 Å². The van der Waals surface area contributed by atoms with Crippen molar-refractivity contribution < 1.29 is 14.7 Å². The SMILES string of the molecule is O=C1CCC(n2cc3ccc(N4CCCC4CO)cc3c2)C(=O)N1. The van der Waals surface area contributed by atoms with Crippen LogP contribution in [0.15, 0.2) is 30.6 Å². The molecular weight excluding hydrogens is 306 g/mol. The van der Waals surface area contributed by atoms with Crippen LogP contribution in [0.4, 0.5) is 5.69 Å². The standard InChI is InChI=1S/C18H21N3O3/c22-11-15-2-1-7-21(15)14-4-3-12-9-20(10-13(12)8-14)16-5-6-17(23)19-18(16)24/h3-4,8-10,15-16,22H,1-2,5-7,11H2,(H,19,23,24). The van der Waals surface area contributed by atoms with Crippen molar-refractivity contribution in [3.63, 3.8) is 0 Å². The summed E-state index contributed by atoms with van der Waals surface area (Å²) in [6, 6.07) is 6.12. The Balaban J connectivity index is 1.64. The number of amides is 2. The van der Waals surface area contributed by atoms with E-state index >= 15 is 0 Å². The first-order valence-electron chi connectivity index (χ1n) is 8.48. The lowest BCUT2D eigenvalue weighted by molar-refractivity contribution is -0.135. The zero-order valence-electron chi connectivity index (χ0n) is 13.4. The Labute approximate surface area is 140 Å². The fourth-order valence-corrected chi connectivity index (χ4v) is 3.84. The number of anilines is 1. The van der Waals surface area contributed by atoms with E-state index in [1.54, 1.807) is 0 Å². The van der Waals surface area contributed by atoms with E-state index in [9.17, 15) is 14.7 Å². The highest BCUT2D eigenvalue weighted by molar-refractivity contribution is 5.99. The van der Waals surface area contributed by atoms with Gasteiger partial charge in [0.2, 0.25) is 11.8 Å². The fraction of sp³-hybridized carbons (Fsp3) is 0.444. The van der Waals surface area contributed by atoms with Gasteiger partial charge in [0.25, 0.3) is 0 Å². The molecule has 6 nitrogen and oxygen atoms in total. The van der Waals surface area contributed by atoms with Gasteiger partial charge >= 0.3 is 0 Å². The highest BCUT2D eigenvalue weighted by Crippen LogP contribution is 2.30. The van der Waals surface area contributed by atoms with E-state index < -0.39 is 0 Å². The summed E-state index contributed by atoms with van der Waals surface area (Å²) in [6.45, 7) is 1.14. The number of hydrogen-bond acceptors (Lipinski definition) is 4. The number of nitrogens with one attached hydrogen (secondary N) is 1. The van der Waals surface area contributed by atoms with E-state index in [1.165, 1.54) is 0 Å². The summed E-state index contributed by atoms with van der Waals surface area (Å²) in [7, 11) is 0. The molecule has 3 heterocycles. The zero-order chi connectivity index (χ0) is 16.7. The molecule has 2 aliphatic heterocycles.